The molecule has 0 aliphatic carbocycles. The van der Waals surface area contributed by atoms with Crippen LogP contribution in [0, 0.1) is 15.9 Å². The van der Waals surface area contributed by atoms with Gasteiger partial charge in [-0.05, 0) is 37.1 Å². The summed E-state index contributed by atoms with van der Waals surface area (Å²) in [6.07, 6.45) is 4.52. The number of halogens is 1. The first-order valence-corrected chi connectivity index (χ1v) is 9.94. The van der Waals surface area contributed by atoms with Gasteiger partial charge < -0.3 is 5.32 Å². The quantitative estimate of drug-likeness (QED) is 0.599. The van der Waals surface area contributed by atoms with E-state index in [9.17, 15) is 27.7 Å². The van der Waals surface area contributed by atoms with E-state index in [0.717, 1.165) is 30.8 Å². The zero-order chi connectivity index (χ0) is 20.3. The summed E-state index contributed by atoms with van der Waals surface area (Å²) in [5.41, 5.74) is -0.656. The number of hydrogen-bond donors (Lipinski definition) is 1. The minimum absolute atomic E-state index is 0.102. The van der Waals surface area contributed by atoms with Crippen LogP contribution in [0.25, 0.3) is 0 Å². The highest BCUT2D eigenvalue weighted by molar-refractivity contribution is 7.89. The van der Waals surface area contributed by atoms with Crippen molar-refractivity contribution in [2.45, 2.75) is 24.2 Å². The number of nitrogens with one attached hydrogen (secondary N) is 1. The second-order valence-corrected chi connectivity index (χ2v) is 8.12. The fraction of sp³-hybridized carbons (Fsp3) is 0.294. The lowest BCUT2D eigenvalue weighted by Gasteiger charge is -2.26. The predicted molar refractivity (Wildman–Crippen MR) is 97.9 cm³/mol. The molecule has 0 spiro atoms. The molecule has 1 aliphatic heterocycles. The molecule has 3 rings (SSSR count). The molecule has 1 amide bonds. The van der Waals surface area contributed by atoms with Gasteiger partial charge in [-0.2, -0.15) is 4.31 Å². The second-order valence-electron chi connectivity index (χ2n) is 6.21. The van der Waals surface area contributed by atoms with Gasteiger partial charge in [0.2, 0.25) is 10.0 Å². The summed E-state index contributed by atoms with van der Waals surface area (Å²) in [6.45, 7) is 0.586. The molecule has 1 aromatic heterocycles. The van der Waals surface area contributed by atoms with Crippen molar-refractivity contribution < 1.29 is 22.5 Å². The van der Waals surface area contributed by atoms with Gasteiger partial charge in [-0.3, -0.25) is 19.9 Å². The highest BCUT2D eigenvalue weighted by Gasteiger charge is 2.29. The summed E-state index contributed by atoms with van der Waals surface area (Å²) in [6, 6.07) is 4.20. The third-order valence-electron chi connectivity index (χ3n) is 4.37. The maximum atomic E-state index is 14.2. The topological polar surface area (TPSA) is 123 Å². The van der Waals surface area contributed by atoms with Crippen LogP contribution in [0.5, 0.6) is 0 Å². The van der Waals surface area contributed by atoms with E-state index in [-0.39, 0.29) is 11.3 Å². The first-order chi connectivity index (χ1) is 13.3. The first kappa shape index (κ1) is 19.8. The molecule has 0 radical (unpaired) electrons. The van der Waals surface area contributed by atoms with Crippen LogP contribution < -0.4 is 5.32 Å². The molecule has 2 aromatic rings. The maximum absolute atomic E-state index is 14.2. The highest BCUT2D eigenvalue weighted by Crippen LogP contribution is 2.26. The van der Waals surface area contributed by atoms with Crippen molar-refractivity contribution in [3.05, 3.63) is 58.2 Å². The first-order valence-electron chi connectivity index (χ1n) is 8.50. The monoisotopic (exact) mass is 408 g/mol. The Morgan fingerprint density at radius 3 is 2.61 bits per heavy atom. The van der Waals surface area contributed by atoms with Crippen LogP contribution in [0.1, 0.15) is 29.6 Å². The van der Waals surface area contributed by atoms with Gasteiger partial charge in [0.25, 0.3) is 5.91 Å². The van der Waals surface area contributed by atoms with Crippen LogP contribution in [-0.2, 0) is 10.0 Å². The Kier molecular flexibility index (Phi) is 5.66. The molecule has 2 heterocycles. The van der Waals surface area contributed by atoms with Crippen LogP contribution in [0.4, 0.5) is 15.8 Å². The minimum Gasteiger partial charge on any atom is -0.316 e. The van der Waals surface area contributed by atoms with Crippen LogP contribution in [0.15, 0.2) is 41.6 Å². The number of pyridine rings is 1. The van der Waals surface area contributed by atoms with Crippen molar-refractivity contribution >= 4 is 27.3 Å². The van der Waals surface area contributed by atoms with Gasteiger partial charge in [-0.15, -0.1) is 0 Å². The molecule has 0 bridgehead atoms. The van der Waals surface area contributed by atoms with Gasteiger partial charge in [0.1, 0.15) is 22.6 Å². The number of anilines is 1. The Morgan fingerprint density at radius 1 is 1.21 bits per heavy atom. The molecule has 1 N–H and O–H groups in total. The molecular formula is C17H17FN4O5S. The number of rotatable bonds is 5. The molecular weight excluding hydrogens is 391 g/mol. The van der Waals surface area contributed by atoms with Gasteiger partial charge in [-0.1, -0.05) is 6.42 Å². The van der Waals surface area contributed by atoms with E-state index < -0.39 is 37.3 Å². The lowest BCUT2D eigenvalue weighted by atomic mass is 10.2. The number of carbonyl (C=O) groups excluding carboxylic acids is 1. The summed E-state index contributed by atoms with van der Waals surface area (Å²) >= 11 is 0. The molecule has 9 nitrogen and oxygen atoms in total. The Bertz CT molecular complexity index is 1020. The molecule has 0 saturated carbocycles. The Morgan fingerprint density at radius 2 is 1.93 bits per heavy atom. The molecule has 28 heavy (non-hydrogen) atoms. The summed E-state index contributed by atoms with van der Waals surface area (Å²) in [5.74, 6) is -1.76. The van der Waals surface area contributed by atoms with Crippen molar-refractivity contribution in [3.8, 4) is 0 Å². The third-order valence-corrected chi connectivity index (χ3v) is 6.28. The Hall–Kier alpha value is -2.92. The maximum Gasteiger partial charge on any atom is 0.310 e. The van der Waals surface area contributed by atoms with E-state index in [2.05, 4.69) is 10.3 Å². The number of carbonyl (C=O) groups is 1. The standard InChI is InChI=1S/C17H17FN4O5S/c18-13-5-4-12(10-16(13)28(26,27)21-8-2-1-3-9-21)17(23)20-14-6-7-19-11-15(14)22(24)25/h4-7,10-11H,1-3,8-9H2,(H,19,20,23). The molecule has 1 aliphatic rings. The minimum atomic E-state index is -4.08. The van der Waals surface area contributed by atoms with Gasteiger partial charge in [-0.25, -0.2) is 12.8 Å². The molecule has 0 atom stereocenters. The zero-order valence-electron chi connectivity index (χ0n) is 14.7. The fourth-order valence-electron chi connectivity index (χ4n) is 2.92. The Balaban J connectivity index is 1.91. The van der Waals surface area contributed by atoms with Crippen molar-refractivity contribution in [3.63, 3.8) is 0 Å². The second kappa shape index (κ2) is 7.98. The predicted octanol–water partition coefficient (Wildman–Crippen LogP) is 2.56. The van der Waals surface area contributed by atoms with Crippen LogP contribution in [0.3, 0.4) is 0 Å². The van der Waals surface area contributed by atoms with E-state index in [4.69, 9.17) is 0 Å². The average Bonchev–Trinajstić information content (AvgIpc) is 2.69. The normalized spacial score (nSPS) is 15.2. The number of nitrogens with zero attached hydrogens (tertiary/aromatic N) is 3. The smallest absolute Gasteiger partial charge is 0.310 e. The summed E-state index contributed by atoms with van der Waals surface area (Å²) in [4.78, 5) is 25.8. The van der Waals surface area contributed by atoms with E-state index in [1.807, 2.05) is 0 Å². The Labute approximate surface area is 160 Å². The molecule has 1 saturated heterocycles. The number of amides is 1. The highest BCUT2D eigenvalue weighted by atomic mass is 32.2. The average molecular weight is 408 g/mol. The lowest BCUT2D eigenvalue weighted by molar-refractivity contribution is -0.384. The number of piperidine rings is 1. The number of nitro groups is 1. The van der Waals surface area contributed by atoms with Crippen LogP contribution in [-0.4, -0.2) is 41.6 Å². The van der Waals surface area contributed by atoms with E-state index in [1.165, 1.54) is 16.6 Å². The van der Waals surface area contributed by atoms with Crippen LogP contribution >= 0.6 is 0 Å². The summed E-state index contributed by atoms with van der Waals surface area (Å²) in [5, 5.41) is 13.4. The number of aromatic nitrogens is 1. The number of benzene rings is 1. The van der Waals surface area contributed by atoms with Crippen molar-refractivity contribution in [1.82, 2.24) is 9.29 Å². The third kappa shape index (κ3) is 3.99. The molecule has 11 heteroatoms. The van der Waals surface area contributed by atoms with Gasteiger partial charge in [0.15, 0.2) is 0 Å². The molecule has 148 valence electrons. The van der Waals surface area contributed by atoms with E-state index in [1.54, 1.807) is 0 Å². The number of sulfonamides is 1. The molecule has 0 unspecified atom stereocenters. The largest absolute Gasteiger partial charge is 0.316 e. The van der Waals surface area contributed by atoms with E-state index >= 15 is 0 Å². The van der Waals surface area contributed by atoms with Gasteiger partial charge in [0, 0.05) is 24.8 Å². The van der Waals surface area contributed by atoms with Crippen LogP contribution in [0.2, 0.25) is 0 Å². The number of hydrogen-bond acceptors (Lipinski definition) is 6. The lowest BCUT2D eigenvalue weighted by Crippen LogP contribution is -2.36. The SMILES string of the molecule is O=C(Nc1ccncc1[N+](=O)[O-])c1ccc(F)c(S(=O)(=O)N2CCCCC2)c1. The summed E-state index contributed by atoms with van der Waals surface area (Å²) in [7, 11) is -4.08. The van der Waals surface area contributed by atoms with Crippen molar-refractivity contribution in [2.24, 2.45) is 0 Å². The zero-order valence-corrected chi connectivity index (χ0v) is 15.5. The fourth-order valence-corrected chi connectivity index (χ4v) is 4.53. The van der Waals surface area contributed by atoms with Crippen molar-refractivity contribution in [1.29, 1.82) is 0 Å². The molecule has 1 aromatic carbocycles. The van der Waals surface area contributed by atoms with Gasteiger partial charge >= 0.3 is 5.69 Å². The van der Waals surface area contributed by atoms with E-state index in [0.29, 0.717) is 25.9 Å². The molecule has 1 fully saturated rings. The van der Waals surface area contributed by atoms with Crippen molar-refractivity contribution in [2.75, 3.05) is 18.4 Å². The van der Waals surface area contributed by atoms with Gasteiger partial charge in [0.05, 0.1) is 4.92 Å². The summed E-state index contributed by atoms with van der Waals surface area (Å²) < 4.78 is 40.9.